The number of carbonyl (C=O) groups excluding carboxylic acids is 1. The third-order valence-electron chi connectivity index (χ3n) is 2.93. The van der Waals surface area contributed by atoms with Crippen molar-refractivity contribution in [1.82, 2.24) is 5.32 Å². The first kappa shape index (κ1) is 15.6. The fraction of sp³-hybridized carbons (Fsp3) is 0.500. The Balaban J connectivity index is 2.55. The van der Waals surface area contributed by atoms with Crippen LogP contribution in [-0.2, 0) is 16.1 Å². The molecule has 0 fully saturated rings. The Morgan fingerprint density at radius 2 is 2.00 bits per heavy atom. The van der Waals surface area contributed by atoms with E-state index in [0.29, 0.717) is 30.7 Å². The number of nitrogens with one attached hydrogen (secondary N) is 1. The van der Waals surface area contributed by atoms with Gasteiger partial charge in [-0.25, -0.2) is 4.39 Å². The minimum atomic E-state index is -0.581. The molecule has 1 amide bonds. The fourth-order valence-corrected chi connectivity index (χ4v) is 1.83. The molecule has 0 aliphatic heterocycles. The van der Waals surface area contributed by atoms with Crippen LogP contribution in [0.25, 0.3) is 0 Å². The van der Waals surface area contributed by atoms with Gasteiger partial charge < -0.3 is 15.8 Å². The molecular formula is C14H21FN2O2. The van der Waals surface area contributed by atoms with Crippen molar-refractivity contribution < 1.29 is 13.9 Å². The number of benzene rings is 1. The van der Waals surface area contributed by atoms with E-state index in [2.05, 4.69) is 5.32 Å². The first-order chi connectivity index (χ1) is 8.95. The van der Waals surface area contributed by atoms with Crippen LogP contribution in [-0.4, -0.2) is 25.7 Å². The molecule has 1 unspecified atom stereocenters. The first-order valence-corrected chi connectivity index (χ1v) is 6.23. The average molecular weight is 268 g/mol. The highest BCUT2D eigenvalue weighted by atomic mass is 19.1. The van der Waals surface area contributed by atoms with Crippen molar-refractivity contribution in [1.29, 1.82) is 0 Å². The number of hydrogen-bond donors (Lipinski definition) is 2. The Labute approximate surface area is 113 Å². The second-order valence-electron chi connectivity index (χ2n) is 4.65. The number of amides is 1. The predicted octanol–water partition coefficient (Wildman–Crippen LogP) is 1.42. The van der Waals surface area contributed by atoms with Crippen molar-refractivity contribution >= 4 is 5.91 Å². The molecule has 0 spiro atoms. The van der Waals surface area contributed by atoms with Gasteiger partial charge in [0.1, 0.15) is 5.82 Å². The molecule has 0 bridgehead atoms. The van der Waals surface area contributed by atoms with Crippen LogP contribution in [0.15, 0.2) is 12.1 Å². The lowest BCUT2D eigenvalue weighted by Gasteiger charge is -2.12. The van der Waals surface area contributed by atoms with E-state index >= 15 is 0 Å². The van der Waals surface area contributed by atoms with Gasteiger partial charge >= 0.3 is 0 Å². The zero-order valence-electron chi connectivity index (χ0n) is 11.6. The molecule has 1 atom stereocenters. The monoisotopic (exact) mass is 268 g/mol. The average Bonchev–Trinajstić information content (AvgIpc) is 2.39. The van der Waals surface area contributed by atoms with Crippen LogP contribution < -0.4 is 11.1 Å². The van der Waals surface area contributed by atoms with Crippen LogP contribution in [0, 0.1) is 19.7 Å². The number of ether oxygens (including phenoxy) is 1. The van der Waals surface area contributed by atoms with Crippen molar-refractivity contribution in [3.05, 3.63) is 34.6 Å². The number of carbonyl (C=O) groups is 1. The van der Waals surface area contributed by atoms with Crippen molar-refractivity contribution in [3.63, 3.8) is 0 Å². The standard InChI is InChI=1S/C14H21FN2O2/c1-9-6-11(7-10(2)13(9)15)8-17-14(18)12(16)4-5-19-3/h6-7,12H,4-5,8,16H2,1-3H3,(H,17,18). The van der Waals surface area contributed by atoms with E-state index in [1.54, 1.807) is 33.1 Å². The van der Waals surface area contributed by atoms with Crippen LogP contribution in [0.5, 0.6) is 0 Å². The summed E-state index contributed by atoms with van der Waals surface area (Å²) >= 11 is 0. The molecule has 0 aromatic heterocycles. The van der Waals surface area contributed by atoms with E-state index in [1.165, 1.54) is 0 Å². The smallest absolute Gasteiger partial charge is 0.237 e. The second kappa shape index (κ2) is 7.21. The van der Waals surface area contributed by atoms with E-state index in [1.807, 2.05) is 0 Å². The molecule has 3 N–H and O–H groups in total. The van der Waals surface area contributed by atoms with E-state index in [4.69, 9.17) is 10.5 Å². The maximum atomic E-state index is 13.5. The number of aryl methyl sites for hydroxylation is 2. The fourth-order valence-electron chi connectivity index (χ4n) is 1.83. The van der Waals surface area contributed by atoms with Crippen molar-refractivity contribution in [2.45, 2.75) is 32.9 Å². The Kier molecular flexibility index (Phi) is 5.92. The third kappa shape index (κ3) is 4.61. The third-order valence-corrected chi connectivity index (χ3v) is 2.93. The molecule has 0 aliphatic rings. The van der Waals surface area contributed by atoms with Gasteiger partial charge in [-0.1, -0.05) is 12.1 Å². The zero-order chi connectivity index (χ0) is 14.4. The van der Waals surface area contributed by atoms with Crippen LogP contribution in [0.1, 0.15) is 23.1 Å². The maximum Gasteiger partial charge on any atom is 0.237 e. The van der Waals surface area contributed by atoms with Crippen LogP contribution in [0.4, 0.5) is 4.39 Å². The summed E-state index contributed by atoms with van der Waals surface area (Å²) < 4.78 is 18.3. The van der Waals surface area contributed by atoms with Gasteiger partial charge in [-0.15, -0.1) is 0 Å². The molecule has 5 heteroatoms. The summed E-state index contributed by atoms with van der Waals surface area (Å²) in [5, 5.41) is 2.74. The van der Waals surface area contributed by atoms with Crippen molar-refractivity contribution in [2.75, 3.05) is 13.7 Å². The highest BCUT2D eigenvalue weighted by Crippen LogP contribution is 2.14. The van der Waals surface area contributed by atoms with Crippen LogP contribution >= 0.6 is 0 Å². The van der Waals surface area contributed by atoms with Gasteiger partial charge in [0.05, 0.1) is 6.04 Å². The van der Waals surface area contributed by atoms with Gasteiger partial charge in [-0.3, -0.25) is 4.79 Å². The summed E-state index contributed by atoms with van der Waals surface area (Å²) in [5.41, 5.74) is 7.72. The Morgan fingerprint density at radius 3 is 2.53 bits per heavy atom. The molecule has 1 aromatic carbocycles. The lowest BCUT2D eigenvalue weighted by Crippen LogP contribution is -2.40. The predicted molar refractivity (Wildman–Crippen MR) is 72.2 cm³/mol. The van der Waals surface area contributed by atoms with E-state index in [9.17, 15) is 9.18 Å². The molecule has 0 aliphatic carbocycles. The van der Waals surface area contributed by atoms with E-state index in [-0.39, 0.29) is 11.7 Å². The molecule has 0 heterocycles. The van der Waals surface area contributed by atoms with Crippen molar-refractivity contribution in [3.8, 4) is 0 Å². The van der Waals surface area contributed by atoms with Gasteiger partial charge in [0.15, 0.2) is 0 Å². The number of rotatable bonds is 6. The molecule has 106 valence electrons. The molecule has 1 aromatic rings. The summed E-state index contributed by atoms with van der Waals surface area (Å²) in [6.07, 6.45) is 0.476. The molecule has 19 heavy (non-hydrogen) atoms. The first-order valence-electron chi connectivity index (χ1n) is 6.23. The number of halogens is 1. The van der Waals surface area contributed by atoms with E-state index < -0.39 is 6.04 Å². The summed E-state index contributed by atoms with van der Waals surface area (Å²) in [7, 11) is 1.56. The number of methoxy groups -OCH3 is 1. The molecule has 0 radical (unpaired) electrons. The molecular weight excluding hydrogens is 247 g/mol. The van der Waals surface area contributed by atoms with Crippen molar-refractivity contribution in [2.24, 2.45) is 5.73 Å². The zero-order valence-corrected chi connectivity index (χ0v) is 11.6. The minimum absolute atomic E-state index is 0.202. The van der Waals surface area contributed by atoms with Gasteiger partial charge in [0.2, 0.25) is 5.91 Å². The SMILES string of the molecule is COCCC(N)C(=O)NCc1cc(C)c(F)c(C)c1. The van der Waals surface area contributed by atoms with Crippen LogP contribution in [0.2, 0.25) is 0 Å². The summed E-state index contributed by atoms with van der Waals surface area (Å²) in [6.45, 7) is 4.21. The van der Waals surface area contributed by atoms with Crippen LogP contribution in [0.3, 0.4) is 0 Å². The Hall–Kier alpha value is -1.46. The molecule has 4 nitrogen and oxygen atoms in total. The molecule has 0 saturated carbocycles. The topological polar surface area (TPSA) is 64.3 Å². The quantitative estimate of drug-likeness (QED) is 0.820. The lowest BCUT2D eigenvalue weighted by atomic mass is 10.1. The number of hydrogen-bond acceptors (Lipinski definition) is 3. The van der Waals surface area contributed by atoms with Gasteiger partial charge in [-0.05, 0) is 37.0 Å². The number of nitrogens with two attached hydrogens (primary N) is 1. The lowest BCUT2D eigenvalue weighted by molar-refractivity contribution is -0.122. The summed E-state index contributed by atoms with van der Waals surface area (Å²) in [6, 6.07) is 2.87. The largest absolute Gasteiger partial charge is 0.385 e. The molecule has 1 rings (SSSR count). The molecule has 0 saturated heterocycles. The highest BCUT2D eigenvalue weighted by Gasteiger charge is 2.13. The normalized spacial score (nSPS) is 12.3. The Morgan fingerprint density at radius 1 is 1.42 bits per heavy atom. The van der Waals surface area contributed by atoms with Gasteiger partial charge in [0.25, 0.3) is 0 Å². The maximum absolute atomic E-state index is 13.5. The minimum Gasteiger partial charge on any atom is -0.385 e. The second-order valence-corrected chi connectivity index (χ2v) is 4.65. The summed E-state index contributed by atoms with van der Waals surface area (Å²) in [4.78, 5) is 11.7. The van der Waals surface area contributed by atoms with Gasteiger partial charge in [0, 0.05) is 20.3 Å². The highest BCUT2D eigenvalue weighted by molar-refractivity contribution is 5.81. The van der Waals surface area contributed by atoms with Gasteiger partial charge in [-0.2, -0.15) is 0 Å². The van der Waals surface area contributed by atoms with E-state index in [0.717, 1.165) is 5.56 Å². The summed E-state index contributed by atoms with van der Waals surface area (Å²) in [5.74, 6) is -0.427. The Bertz CT molecular complexity index is 426.